The van der Waals surface area contributed by atoms with Crippen LogP contribution < -0.4 is 10.5 Å². The van der Waals surface area contributed by atoms with Crippen LogP contribution in [0.25, 0.3) is 11.3 Å². The number of ether oxygens (including phenoxy) is 1. The summed E-state index contributed by atoms with van der Waals surface area (Å²) in [4.78, 5) is 4.15. The van der Waals surface area contributed by atoms with Crippen molar-refractivity contribution in [1.82, 2.24) is 4.98 Å². The summed E-state index contributed by atoms with van der Waals surface area (Å²) in [5.74, 6) is 1.99. The highest BCUT2D eigenvalue weighted by atomic mass is 35.5. The van der Waals surface area contributed by atoms with Crippen molar-refractivity contribution in [2.24, 2.45) is 5.73 Å². The molecule has 0 fully saturated rings. The number of hydrogen-bond acceptors (Lipinski definition) is 4. The number of rotatable bonds is 5. The Bertz CT molecular complexity index is 525. The van der Waals surface area contributed by atoms with Gasteiger partial charge in [0.2, 0.25) is 0 Å². The van der Waals surface area contributed by atoms with Gasteiger partial charge in [0.1, 0.15) is 5.75 Å². The summed E-state index contributed by atoms with van der Waals surface area (Å²) in [6.07, 6.45) is 2.31. The van der Waals surface area contributed by atoms with Crippen molar-refractivity contribution in [2.75, 3.05) is 13.2 Å². The number of hydrogen-bond donors (Lipinski definition) is 1. The van der Waals surface area contributed by atoms with Gasteiger partial charge in [0.05, 0.1) is 17.8 Å². The number of nitrogens with zero attached hydrogens (tertiary/aromatic N) is 1. The first kappa shape index (κ1) is 12.9. The molecule has 96 valence electrons. The second-order valence-electron chi connectivity index (χ2n) is 3.74. The summed E-state index contributed by atoms with van der Waals surface area (Å²) in [6, 6.07) is 5.52. The van der Waals surface area contributed by atoms with Crippen molar-refractivity contribution in [2.45, 2.75) is 13.3 Å². The Morgan fingerprint density at radius 2 is 2.28 bits per heavy atom. The second-order valence-corrected chi connectivity index (χ2v) is 4.14. The average Bonchev–Trinajstić information content (AvgIpc) is 2.81. The molecule has 1 aromatic carbocycles. The zero-order valence-corrected chi connectivity index (χ0v) is 10.9. The third-order valence-corrected chi connectivity index (χ3v) is 2.72. The standard InChI is InChI=1S/C13H15ClN2O2/c1-2-17-11-4-3-9(7-10(11)14)12-8-16-13(18-12)5-6-15/h3-4,7-8H,2,5-6,15H2,1H3. The Hall–Kier alpha value is -1.52. The lowest BCUT2D eigenvalue weighted by Crippen LogP contribution is -2.02. The molecule has 0 unspecified atom stereocenters. The Morgan fingerprint density at radius 3 is 2.94 bits per heavy atom. The number of halogens is 1. The van der Waals surface area contributed by atoms with Gasteiger partial charge in [-0.15, -0.1) is 0 Å². The van der Waals surface area contributed by atoms with Gasteiger partial charge in [0, 0.05) is 18.5 Å². The molecule has 0 aliphatic carbocycles. The van der Waals surface area contributed by atoms with Gasteiger partial charge >= 0.3 is 0 Å². The molecule has 0 amide bonds. The molecule has 1 heterocycles. The first-order valence-corrected chi connectivity index (χ1v) is 6.20. The normalized spacial score (nSPS) is 10.6. The third kappa shape index (κ3) is 2.83. The van der Waals surface area contributed by atoms with E-state index in [1.165, 1.54) is 0 Å². The van der Waals surface area contributed by atoms with Crippen LogP contribution in [-0.4, -0.2) is 18.1 Å². The van der Waals surface area contributed by atoms with Crippen molar-refractivity contribution in [3.05, 3.63) is 35.3 Å². The number of oxazole rings is 1. The predicted molar refractivity (Wildman–Crippen MR) is 70.9 cm³/mol. The number of aromatic nitrogens is 1. The van der Waals surface area contributed by atoms with Gasteiger partial charge < -0.3 is 14.9 Å². The summed E-state index contributed by atoms with van der Waals surface area (Å²) in [5.41, 5.74) is 6.32. The fourth-order valence-corrected chi connectivity index (χ4v) is 1.84. The van der Waals surface area contributed by atoms with Crippen LogP contribution in [0.2, 0.25) is 5.02 Å². The van der Waals surface area contributed by atoms with Crippen LogP contribution in [0, 0.1) is 0 Å². The van der Waals surface area contributed by atoms with E-state index in [-0.39, 0.29) is 0 Å². The van der Waals surface area contributed by atoms with Crippen molar-refractivity contribution in [3.8, 4) is 17.1 Å². The van der Waals surface area contributed by atoms with E-state index >= 15 is 0 Å². The van der Waals surface area contributed by atoms with Crippen LogP contribution in [-0.2, 0) is 6.42 Å². The van der Waals surface area contributed by atoms with E-state index in [0.717, 1.165) is 5.56 Å². The Balaban J connectivity index is 2.24. The second kappa shape index (κ2) is 5.89. The van der Waals surface area contributed by atoms with E-state index in [4.69, 9.17) is 26.5 Å². The molecule has 0 atom stereocenters. The number of benzene rings is 1. The van der Waals surface area contributed by atoms with E-state index in [0.29, 0.717) is 42.0 Å². The van der Waals surface area contributed by atoms with Crippen molar-refractivity contribution >= 4 is 11.6 Å². The van der Waals surface area contributed by atoms with Gasteiger partial charge in [0.25, 0.3) is 0 Å². The predicted octanol–water partition coefficient (Wildman–Crippen LogP) is 2.89. The monoisotopic (exact) mass is 266 g/mol. The smallest absolute Gasteiger partial charge is 0.196 e. The highest BCUT2D eigenvalue weighted by Crippen LogP contribution is 2.30. The summed E-state index contributed by atoms with van der Waals surface area (Å²) in [5, 5.41) is 0.561. The fourth-order valence-electron chi connectivity index (χ4n) is 1.61. The zero-order chi connectivity index (χ0) is 13.0. The minimum atomic E-state index is 0.518. The molecule has 2 N–H and O–H groups in total. The van der Waals surface area contributed by atoms with Crippen molar-refractivity contribution in [3.63, 3.8) is 0 Å². The van der Waals surface area contributed by atoms with Crippen LogP contribution in [0.5, 0.6) is 5.75 Å². The lowest BCUT2D eigenvalue weighted by Gasteiger charge is -2.06. The summed E-state index contributed by atoms with van der Waals surface area (Å²) >= 11 is 6.12. The van der Waals surface area contributed by atoms with E-state index in [9.17, 15) is 0 Å². The van der Waals surface area contributed by atoms with Crippen molar-refractivity contribution in [1.29, 1.82) is 0 Å². The Labute approximate surface area is 111 Å². The fraction of sp³-hybridized carbons (Fsp3) is 0.308. The zero-order valence-electron chi connectivity index (χ0n) is 10.1. The van der Waals surface area contributed by atoms with Gasteiger partial charge in [-0.3, -0.25) is 0 Å². The maximum absolute atomic E-state index is 6.12. The molecular formula is C13H15ClN2O2. The molecule has 0 radical (unpaired) electrons. The van der Waals surface area contributed by atoms with E-state index in [1.54, 1.807) is 12.3 Å². The number of nitrogens with two attached hydrogens (primary N) is 1. The molecule has 0 spiro atoms. The quantitative estimate of drug-likeness (QED) is 0.904. The van der Waals surface area contributed by atoms with E-state index in [2.05, 4.69) is 4.98 Å². The van der Waals surface area contributed by atoms with Crippen LogP contribution >= 0.6 is 11.6 Å². The van der Waals surface area contributed by atoms with Crippen LogP contribution in [0.4, 0.5) is 0 Å². The van der Waals surface area contributed by atoms with Crippen LogP contribution in [0.1, 0.15) is 12.8 Å². The van der Waals surface area contributed by atoms with Gasteiger partial charge in [-0.05, 0) is 25.1 Å². The topological polar surface area (TPSA) is 61.3 Å². The molecule has 1 aromatic heterocycles. The average molecular weight is 267 g/mol. The maximum Gasteiger partial charge on any atom is 0.196 e. The minimum Gasteiger partial charge on any atom is -0.492 e. The van der Waals surface area contributed by atoms with Crippen LogP contribution in [0.3, 0.4) is 0 Å². The summed E-state index contributed by atoms with van der Waals surface area (Å²) < 4.78 is 11.0. The molecule has 0 saturated carbocycles. The lowest BCUT2D eigenvalue weighted by molar-refractivity contribution is 0.340. The lowest BCUT2D eigenvalue weighted by atomic mass is 10.2. The molecule has 2 rings (SSSR count). The molecule has 4 nitrogen and oxygen atoms in total. The first-order valence-electron chi connectivity index (χ1n) is 5.82. The highest BCUT2D eigenvalue weighted by Gasteiger charge is 2.09. The Kier molecular flexibility index (Phi) is 4.23. The first-order chi connectivity index (χ1) is 8.74. The van der Waals surface area contributed by atoms with E-state index < -0.39 is 0 Å². The molecule has 0 saturated heterocycles. The van der Waals surface area contributed by atoms with Gasteiger partial charge in [-0.25, -0.2) is 4.98 Å². The molecule has 2 aromatic rings. The molecule has 18 heavy (non-hydrogen) atoms. The third-order valence-electron chi connectivity index (χ3n) is 2.43. The van der Waals surface area contributed by atoms with Crippen molar-refractivity contribution < 1.29 is 9.15 Å². The minimum absolute atomic E-state index is 0.518. The SMILES string of the molecule is CCOc1ccc(-c2cnc(CCN)o2)cc1Cl. The summed E-state index contributed by atoms with van der Waals surface area (Å²) in [6.45, 7) is 3.02. The highest BCUT2D eigenvalue weighted by molar-refractivity contribution is 6.32. The molecule has 0 aliphatic rings. The summed E-state index contributed by atoms with van der Waals surface area (Å²) in [7, 11) is 0. The van der Waals surface area contributed by atoms with Gasteiger partial charge in [-0.1, -0.05) is 11.6 Å². The Morgan fingerprint density at radius 1 is 1.44 bits per heavy atom. The van der Waals surface area contributed by atoms with Crippen LogP contribution in [0.15, 0.2) is 28.8 Å². The molecular weight excluding hydrogens is 252 g/mol. The van der Waals surface area contributed by atoms with E-state index in [1.807, 2.05) is 19.1 Å². The molecule has 0 bridgehead atoms. The maximum atomic E-state index is 6.12. The largest absolute Gasteiger partial charge is 0.492 e. The van der Waals surface area contributed by atoms with Gasteiger partial charge in [0.15, 0.2) is 11.7 Å². The molecule has 5 heteroatoms. The van der Waals surface area contributed by atoms with Gasteiger partial charge in [-0.2, -0.15) is 0 Å². The molecule has 0 aliphatic heterocycles.